The van der Waals surface area contributed by atoms with E-state index in [1.165, 1.54) is 176 Å². The molecule has 0 N–H and O–H groups in total. The van der Waals surface area contributed by atoms with E-state index >= 15 is 0 Å². The zero-order valence-electron chi connectivity index (χ0n) is 70.0. The van der Waals surface area contributed by atoms with Gasteiger partial charge in [-0.15, -0.1) is 11.3 Å². The fourth-order valence-electron chi connectivity index (χ4n) is 17.4. The first-order valence-electron chi connectivity index (χ1n) is 39.9. The first-order chi connectivity index (χ1) is 52.5. The van der Waals surface area contributed by atoms with Crippen LogP contribution in [0.15, 0.2) is 247 Å². The van der Waals surface area contributed by atoms with E-state index in [0.717, 1.165) is 36.7 Å². The Morgan fingerprint density at radius 2 is 0.667 bits per heavy atom. The molecule has 562 valence electrons. The molecule has 0 aliphatic heterocycles. The van der Waals surface area contributed by atoms with Gasteiger partial charge in [-0.2, -0.15) is 0 Å². The van der Waals surface area contributed by atoms with Crippen molar-refractivity contribution in [1.82, 2.24) is 0 Å². The Morgan fingerprint density at radius 1 is 0.306 bits per heavy atom. The van der Waals surface area contributed by atoms with Crippen molar-refractivity contribution >= 4 is 86.3 Å². The van der Waals surface area contributed by atoms with Gasteiger partial charge in [0.2, 0.25) is 22.8 Å². The van der Waals surface area contributed by atoms with Crippen LogP contribution in [0.2, 0.25) is 0 Å². The van der Waals surface area contributed by atoms with Gasteiger partial charge in [0.05, 0.1) is 50.1 Å². The van der Waals surface area contributed by atoms with Crippen molar-refractivity contribution in [3.8, 4) is 56.2 Å². The van der Waals surface area contributed by atoms with Gasteiger partial charge in [0, 0.05) is 39.8 Å². The quantitative estimate of drug-likeness (QED) is 0.139. The molecule has 16 aromatic rings. The van der Waals surface area contributed by atoms with Crippen LogP contribution < -0.4 is 18.3 Å². The second kappa shape index (κ2) is 30.0. The summed E-state index contributed by atoms with van der Waals surface area (Å²) >= 11 is 1.82. The Bertz CT molecular complexity index is 6080. The number of pyridine rings is 4. The number of fused-ring (bicyclic) bond motifs is 10. The normalized spacial score (nSPS) is 12.8. The van der Waals surface area contributed by atoms with Gasteiger partial charge in [-0.3, -0.25) is 0 Å². The summed E-state index contributed by atoms with van der Waals surface area (Å²) in [6.45, 7) is 41.2. The third-order valence-corrected chi connectivity index (χ3v) is 23.3. The number of hydrogen-bond acceptors (Lipinski definition) is 2. The molecular weight excluding hydrogens is 1370 g/mol. The Labute approximate surface area is 664 Å². The van der Waals surface area contributed by atoms with Gasteiger partial charge in [0.15, 0.2) is 24.8 Å². The predicted molar refractivity (Wildman–Crippen MR) is 474 cm³/mol. The SMILES string of the molecule is Cc1cc2c(cc1-c1c3ccc(CC(C)(C)C)cc3cc[n+]1C)C(C)(C)c1ccccc1-2.Cc1cc2ccccc2cc1-c1c2ccc(CC(C)(C)C)cc2cc[n+]1C.Cc1cc2ccoc2cc1-c1c2ccc(CC(C)(C)C)cc2cc[n+]1C.Cc1cc2ccsc2cc1-c1c2ccc(CC(C)(C)C)cc2cc[n+]1C. The van der Waals surface area contributed by atoms with Gasteiger partial charge in [-0.25, -0.2) is 18.3 Å². The molecule has 0 unspecified atom stereocenters. The van der Waals surface area contributed by atoms with Crippen molar-refractivity contribution in [1.29, 1.82) is 0 Å². The van der Waals surface area contributed by atoms with E-state index < -0.39 is 0 Å². The summed E-state index contributed by atoms with van der Waals surface area (Å²) in [5.74, 6) is 0. The summed E-state index contributed by atoms with van der Waals surface area (Å²) in [7, 11) is 8.58. The average Bonchev–Trinajstić information content (AvgIpc) is 1.58. The molecule has 1 aliphatic rings. The van der Waals surface area contributed by atoms with Crippen LogP contribution in [0.25, 0.3) is 131 Å². The maximum Gasteiger partial charge on any atom is 0.220 e. The number of benzene rings is 10. The third kappa shape index (κ3) is 16.5. The highest BCUT2D eigenvalue weighted by atomic mass is 32.1. The molecule has 0 saturated heterocycles. The minimum absolute atomic E-state index is 0.0113. The third-order valence-electron chi connectivity index (χ3n) is 22.4. The van der Waals surface area contributed by atoms with Gasteiger partial charge in [0.1, 0.15) is 33.8 Å². The van der Waals surface area contributed by atoms with Gasteiger partial charge in [-0.05, 0) is 258 Å². The molecule has 6 heteroatoms. The molecule has 111 heavy (non-hydrogen) atoms. The molecule has 0 amide bonds. The Morgan fingerprint density at radius 3 is 1.10 bits per heavy atom. The average molecular weight is 1480 g/mol. The second-order valence-electron chi connectivity index (χ2n) is 37.4. The topological polar surface area (TPSA) is 28.7 Å². The molecule has 0 bridgehead atoms. The van der Waals surface area contributed by atoms with Crippen LogP contribution in [0.4, 0.5) is 0 Å². The standard InChI is InChI=1S/C31H34N.C26H28N.C24H26NO.C24H26NS/c1-20-16-26-24-10-8-9-11-27(24)31(5,6)28(26)18-25(20)29-23-13-12-21(19-30(2,3)4)17-22(23)14-15-32(29)7;1-18-14-20-8-6-7-9-21(20)16-24(18)25-23-11-10-19(17-26(2,3)4)15-22(23)12-13-27(25)5;2*1-16-12-19-9-11-26-22(19)14-21(16)23-20-7-6-17(15-24(2,3)4)13-18(20)8-10-25(23)5/h8-18H,19H2,1-7H3;6-16H,17H2,1-5H3;2*6-14H,15H2,1-5H3/q4*+1. The highest BCUT2D eigenvalue weighted by Crippen LogP contribution is 2.51. The number of thiophene rings is 1. The lowest BCUT2D eigenvalue weighted by atomic mass is 9.81. The second-order valence-corrected chi connectivity index (χ2v) is 38.3. The fourth-order valence-corrected chi connectivity index (χ4v) is 18.2. The largest absolute Gasteiger partial charge is 0.464 e. The number of rotatable bonds is 8. The summed E-state index contributed by atoms with van der Waals surface area (Å²) < 4.78 is 16.0. The van der Waals surface area contributed by atoms with Crippen LogP contribution in [0.3, 0.4) is 0 Å². The maximum atomic E-state index is 5.65. The summed E-state index contributed by atoms with van der Waals surface area (Å²) in [6, 6.07) is 77.1. The van der Waals surface area contributed by atoms with Gasteiger partial charge in [0.25, 0.3) is 0 Å². The molecule has 17 rings (SSSR count). The molecular formula is C105H114N4OS+4. The smallest absolute Gasteiger partial charge is 0.220 e. The minimum Gasteiger partial charge on any atom is -0.464 e. The van der Waals surface area contributed by atoms with Crippen molar-refractivity contribution < 1.29 is 22.7 Å². The number of aromatic nitrogens is 4. The molecule has 0 atom stereocenters. The Balaban J connectivity index is 0.000000124. The Hall–Kier alpha value is -10.4. The monoisotopic (exact) mass is 1480 g/mol. The molecule has 0 spiro atoms. The summed E-state index contributed by atoms with van der Waals surface area (Å²) in [5.41, 5.74) is 29.0. The highest BCUT2D eigenvalue weighted by molar-refractivity contribution is 7.17. The zero-order valence-corrected chi connectivity index (χ0v) is 70.8. The van der Waals surface area contributed by atoms with Crippen molar-refractivity contribution in [2.24, 2.45) is 49.9 Å². The number of furan rings is 1. The van der Waals surface area contributed by atoms with Crippen LogP contribution in [0.1, 0.15) is 153 Å². The molecule has 1 aliphatic carbocycles. The van der Waals surface area contributed by atoms with E-state index in [9.17, 15) is 0 Å². The van der Waals surface area contributed by atoms with E-state index in [1.807, 2.05) is 17.4 Å². The molecule has 0 radical (unpaired) electrons. The zero-order chi connectivity index (χ0) is 79.0. The Kier molecular flexibility index (Phi) is 20.9. The van der Waals surface area contributed by atoms with Crippen LogP contribution >= 0.6 is 11.3 Å². The van der Waals surface area contributed by atoms with E-state index in [0.29, 0.717) is 10.8 Å². The first kappa shape index (κ1) is 77.3. The molecule has 0 fully saturated rings. The van der Waals surface area contributed by atoms with Crippen LogP contribution in [-0.4, -0.2) is 0 Å². The molecule has 6 aromatic heterocycles. The minimum atomic E-state index is 0.0113. The molecule has 10 aromatic carbocycles. The highest BCUT2D eigenvalue weighted by Gasteiger charge is 2.37. The van der Waals surface area contributed by atoms with Crippen LogP contribution in [-0.2, 0) is 59.3 Å². The van der Waals surface area contributed by atoms with E-state index in [4.69, 9.17) is 4.42 Å². The number of hydrogen-bond donors (Lipinski definition) is 0. The summed E-state index contributed by atoms with van der Waals surface area (Å²) in [6.07, 6.45) is 14.9. The van der Waals surface area contributed by atoms with Crippen LogP contribution in [0, 0.1) is 49.4 Å². The lowest BCUT2D eigenvalue weighted by Crippen LogP contribution is -2.31. The van der Waals surface area contributed by atoms with E-state index in [2.05, 4.69) is 401 Å². The lowest BCUT2D eigenvalue weighted by Gasteiger charge is -2.22. The lowest BCUT2D eigenvalue weighted by molar-refractivity contribution is -0.659. The summed E-state index contributed by atoms with van der Waals surface area (Å²) in [4.78, 5) is 0. The predicted octanol–water partition coefficient (Wildman–Crippen LogP) is 26.3. The van der Waals surface area contributed by atoms with E-state index in [1.54, 1.807) is 6.26 Å². The fraction of sp³-hybridized carbons (Fsp3) is 0.295. The van der Waals surface area contributed by atoms with Crippen LogP contribution in [0.5, 0.6) is 0 Å². The number of nitrogens with zero attached hydrogens (tertiary/aromatic N) is 4. The van der Waals surface area contributed by atoms with Crippen molar-refractivity contribution in [2.45, 2.75) is 156 Å². The van der Waals surface area contributed by atoms with Gasteiger partial charge >= 0.3 is 0 Å². The summed E-state index contributed by atoms with van der Waals surface area (Å²) in [5, 5.41) is 17.8. The van der Waals surface area contributed by atoms with Gasteiger partial charge in [-0.1, -0.05) is 206 Å². The number of aryl methyl sites for hydroxylation is 8. The van der Waals surface area contributed by atoms with E-state index in [-0.39, 0.29) is 16.2 Å². The van der Waals surface area contributed by atoms with Crippen molar-refractivity contribution in [3.63, 3.8) is 0 Å². The van der Waals surface area contributed by atoms with Crippen molar-refractivity contribution in [2.75, 3.05) is 0 Å². The maximum absolute atomic E-state index is 5.65. The molecule has 0 saturated carbocycles. The van der Waals surface area contributed by atoms with Crippen molar-refractivity contribution in [3.05, 3.63) is 298 Å². The molecule has 5 nitrogen and oxygen atoms in total. The van der Waals surface area contributed by atoms with Gasteiger partial charge < -0.3 is 4.42 Å². The molecule has 6 heterocycles. The first-order valence-corrected chi connectivity index (χ1v) is 40.8.